The van der Waals surface area contributed by atoms with E-state index in [0.29, 0.717) is 12.0 Å². The number of ether oxygens (including phenoxy) is 1. The second kappa shape index (κ2) is 6.81. The minimum atomic E-state index is 0.431. The number of allylic oxidation sites excluding steroid dienone is 1. The lowest BCUT2D eigenvalue weighted by Crippen LogP contribution is -2.27. The fourth-order valence-corrected chi connectivity index (χ4v) is 5.09. The molecule has 1 aromatic carbocycles. The molecule has 1 saturated heterocycles. The molecule has 3 aliphatic rings. The first kappa shape index (κ1) is 15.4. The molecule has 0 N–H and O–H groups in total. The van der Waals surface area contributed by atoms with Gasteiger partial charge in [0.05, 0.1) is 12.7 Å². The van der Waals surface area contributed by atoms with E-state index in [1.807, 2.05) is 0 Å². The quantitative estimate of drug-likeness (QED) is 0.684. The smallest absolute Gasteiger partial charge is 0.0822 e. The van der Waals surface area contributed by atoms with Gasteiger partial charge < -0.3 is 4.74 Å². The molecule has 23 heavy (non-hydrogen) atoms. The van der Waals surface area contributed by atoms with Crippen LogP contribution in [0.4, 0.5) is 0 Å². The maximum Gasteiger partial charge on any atom is 0.0822 e. The summed E-state index contributed by atoms with van der Waals surface area (Å²) in [6.45, 7) is 3.27. The van der Waals surface area contributed by atoms with Crippen molar-refractivity contribution in [3.63, 3.8) is 0 Å². The van der Waals surface area contributed by atoms with E-state index in [4.69, 9.17) is 4.74 Å². The van der Waals surface area contributed by atoms with Crippen LogP contribution in [0.2, 0.25) is 0 Å². The molecule has 1 unspecified atom stereocenters. The van der Waals surface area contributed by atoms with Crippen LogP contribution in [-0.4, -0.2) is 12.7 Å². The van der Waals surface area contributed by atoms with E-state index in [9.17, 15) is 0 Å². The first-order valence-electron chi connectivity index (χ1n) is 9.81. The van der Waals surface area contributed by atoms with E-state index >= 15 is 0 Å². The highest BCUT2D eigenvalue weighted by Gasteiger charge is 2.41. The Labute approximate surface area is 141 Å². The lowest BCUT2D eigenvalue weighted by molar-refractivity contribution is 0.0587. The van der Waals surface area contributed by atoms with Gasteiger partial charge in [0.15, 0.2) is 0 Å². The first-order chi connectivity index (χ1) is 11.4. The highest BCUT2D eigenvalue weighted by Crippen LogP contribution is 2.47. The summed E-state index contributed by atoms with van der Waals surface area (Å²) in [6.07, 6.45) is 12.4. The number of hydrogen-bond donors (Lipinski definition) is 0. The highest BCUT2D eigenvalue weighted by molar-refractivity contribution is 5.75. The van der Waals surface area contributed by atoms with Crippen LogP contribution in [0.5, 0.6) is 0 Å². The molecular weight excluding hydrogens is 280 g/mol. The summed E-state index contributed by atoms with van der Waals surface area (Å²) in [4.78, 5) is 0. The Morgan fingerprint density at radius 2 is 1.91 bits per heavy atom. The van der Waals surface area contributed by atoms with Gasteiger partial charge in [-0.3, -0.25) is 0 Å². The molecule has 0 amide bonds. The fraction of sp³-hybridized carbons (Fsp3) is 0.636. The third kappa shape index (κ3) is 2.89. The van der Waals surface area contributed by atoms with Crippen LogP contribution in [0.1, 0.15) is 69.4 Å². The maximum atomic E-state index is 6.42. The van der Waals surface area contributed by atoms with Crippen molar-refractivity contribution in [3.05, 3.63) is 41.0 Å². The van der Waals surface area contributed by atoms with Gasteiger partial charge in [0.1, 0.15) is 0 Å². The molecule has 1 nitrogen and oxygen atoms in total. The fourth-order valence-electron chi connectivity index (χ4n) is 5.09. The molecule has 1 heteroatoms. The van der Waals surface area contributed by atoms with Crippen LogP contribution in [-0.2, 0) is 11.2 Å². The molecule has 2 atom stereocenters. The van der Waals surface area contributed by atoms with Crippen molar-refractivity contribution in [2.45, 2.75) is 70.8 Å². The summed E-state index contributed by atoms with van der Waals surface area (Å²) < 4.78 is 6.42. The van der Waals surface area contributed by atoms with Crippen LogP contribution in [0.15, 0.2) is 29.8 Å². The van der Waals surface area contributed by atoms with E-state index in [0.717, 1.165) is 12.5 Å². The van der Waals surface area contributed by atoms with Gasteiger partial charge in [0.25, 0.3) is 0 Å². The first-order valence-corrected chi connectivity index (χ1v) is 9.81. The minimum Gasteiger partial charge on any atom is -0.373 e. The number of unbranched alkanes of at least 4 members (excludes halogenated alkanes) is 1. The highest BCUT2D eigenvalue weighted by atomic mass is 16.5. The van der Waals surface area contributed by atoms with Gasteiger partial charge in [-0.25, -0.2) is 0 Å². The SMILES string of the molecule is CCCCC1=C2C(CO[C@@H]2C2CCCCC2)Cc2ccccc21. The number of fused-ring (bicyclic) bond motifs is 2. The third-order valence-electron chi connectivity index (χ3n) is 6.24. The van der Waals surface area contributed by atoms with Crippen LogP contribution in [0.3, 0.4) is 0 Å². The summed E-state index contributed by atoms with van der Waals surface area (Å²) in [7, 11) is 0. The van der Waals surface area contributed by atoms with Gasteiger partial charge >= 0.3 is 0 Å². The van der Waals surface area contributed by atoms with Crippen molar-refractivity contribution < 1.29 is 4.74 Å². The molecule has 0 radical (unpaired) electrons. The number of benzene rings is 1. The third-order valence-corrected chi connectivity index (χ3v) is 6.24. The molecule has 2 fully saturated rings. The Bertz CT molecular complexity index is 579. The summed E-state index contributed by atoms with van der Waals surface area (Å²) in [6, 6.07) is 9.12. The number of rotatable bonds is 4. The summed E-state index contributed by atoms with van der Waals surface area (Å²) >= 11 is 0. The van der Waals surface area contributed by atoms with E-state index in [1.165, 1.54) is 57.8 Å². The van der Waals surface area contributed by atoms with Gasteiger partial charge in [-0.2, -0.15) is 0 Å². The molecule has 1 heterocycles. The molecule has 0 spiro atoms. The summed E-state index contributed by atoms with van der Waals surface area (Å²) in [5, 5.41) is 0. The second-order valence-corrected chi connectivity index (χ2v) is 7.75. The van der Waals surface area contributed by atoms with Crippen LogP contribution in [0.25, 0.3) is 5.57 Å². The van der Waals surface area contributed by atoms with Crippen molar-refractivity contribution in [1.29, 1.82) is 0 Å². The Hall–Kier alpha value is -1.08. The lowest BCUT2D eigenvalue weighted by Gasteiger charge is -2.32. The van der Waals surface area contributed by atoms with Crippen molar-refractivity contribution in [2.24, 2.45) is 11.8 Å². The predicted molar refractivity (Wildman–Crippen MR) is 96.4 cm³/mol. The van der Waals surface area contributed by atoms with Crippen LogP contribution < -0.4 is 0 Å². The Kier molecular flexibility index (Phi) is 4.57. The van der Waals surface area contributed by atoms with Gasteiger partial charge in [-0.1, -0.05) is 56.9 Å². The standard InChI is InChI=1S/C22H30O/c1-2-3-12-20-19-13-8-7-11-17(19)14-18-15-23-22(21(18)20)16-9-5-4-6-10-16/h7-8,11,13,16,18,22H,2-6,9-10,12,14-15H2,1H3/t18?,22-/m1/s1. The molecule has 1 aromatic rings. The van der Waals surface area contributed by atoms with Crippen molar-refractivity contribution in [2.75, 3.05) is 6.61 Å². The van der Waals surface area contributed by atoms with E-state index in [1.54, 1.807) is 22.3 Å². The van der Waals surface area contributed by atoms with Gasteiger partial charge in [0.2, 0.25) is 0 Å². The molecule has 0 bridgehead atoms. The molecule has 1 saturated carbocycles. The molecule has 2 aliphatic carbocycles. The minimum absolute atomic E-state index is 0.431. The second-order valence-electron chi connectivity index (χ2n) is 7.75. The Balaban J connectivity index is 1.73. The maximum absolute atomic E-state index is 6.42. The van der Waals surface area contributed by atoms with Crippen molar-refractivity contribution in [1.82, 2.24) is 0 Å². The Morgan fingerprint density at radius 3 is 2.74 bits per heavy atom. The normalized spacial score (nSPS) is 27.9. The van der Waals surface area contributed by atoms with Gasteiger partial charge in [0, 0.05) is 5.92 Å². The average Bonchev–Trinajstić information content (AvgIpc) is 3.03. The van der Waals surface area contributed by atoms with E-state index < -0.39 is 0 Å². The Morgan fingerprint density at radius 1 is 1.09 bits per heavy atom. The van der Waals surface area contributed by atoms with E-state index in [-0.39, 0.29) is 0 Å². The molecule has 4 rings (SSSR count). The monoisotopic (exact) mass is 310 g/mol. The van der Waals surface area contributed by atoms with Crippen LogP contribution >= 0.6 is 0 Å². The predicted octanol–water partition coefficient (Wildman–Crippen LogP) is 5.78. The largest absolute Gasteiger partial charge is 0.373 e. The summed E-state index contributed by atoms with van der Waals surface area (Å²) in [5.41, 5.74) is 6.47. The molecule has 1 aliphatic heterocycles. The van der Waals surface area contributed by atoms with E-state index in [2.05, 4.69) is 31.2 Å². The average molecular weight is 310 g/mol. The van der Waals surface area contributed by atoms with Gasteiger partial charge in [-0.05, 0) is 60.3 Å². The zero-order valence-corrected chi connectivity index (χ0v) is 14.5. The summed E-state index contributed by atoms with van der Waals surface area (Å²) in [5.74, 6) is 1.44. The lowest BCUT2D eigenvalue weighted by atomic mass is 9.72. The van der Waals surface area contributed by atoms with Crippen molar-refractivity contribution in [3.8, 4) is 0 Å². The van der Waals surface area contributed by atoms with Gasteiger partial charge in [-0.15, -0.1) is 0 Å². The molecule has 0 aromatic heterocycles. The van der Waals surface area contributed by atoms with Crippen LogP contribution in [0, 0.1) is 11.8 Å². The zero-order valence-electron chi connectivity index (χ0n) is 14.5. The number of hydrogen-bond acceptors (Lipinski definition) is 1. The molecular formula is C22H30O. The zero-order chi connectivity index (χ0) is 15.6. The van der Waals surface area contributed by atoms with Crippen molar-refractivity contribution >= 4 is 5.57 Å². The molecule has 124 valence electrons. The topological polar surface area (TPSA) is 9.23 Å².